The Morgan fingerprint density at radius 1 is 0.861 bits per heavy atom. The number of hydrogen-bond donors (Lipinski definition) is 0. The summed E-state index contributed by atoms with van der Waals surface area (Å²) in [5.41, 5.74) is 7.31. The number of rotatable bonds is 4. The van der Waals surface area contributed by atoms with Gasteiger partial charge in [-0.2, -0.15) is 0 Å². The number of furan rings is 1. The minimum absolute atomic E-state index is 0.0655. The first kappa shape index (κ1) is 23.9. The van der Waals surface area contributed by atoms with Crippen LogP contribution in [0.1, 0.15) is 54.2 Å². The molecule has 1 aromatic heterocycles. The van der Waals surface area contributed by atoms with E-state index in [0.717, 1.165) is 41.3 Å². The number of hydrogen-bond acceptors (Lipinski definition) is 3. The molecule has 2 heterocycles. The largest absolute Gasteiger partial charge is 0.440 e. The minimum Gasteiger partial charge on any atom is -0.440 e. The van der Waals surface area contributed by atoms with Crippen molar-refractivity contribution < 1.29 is 9.21 Å². The molecule has 4 aromatic rings. The number of anilines is 2. The number of allylic oxidation sites excluding steroid dienone is 1. The second kappa shape index (κ2) is 9.66. The third kappa shape index (κ3) is 4.66. The maximum Gasteiger partial charge on any atom is 0.204 e. The summed E-state index contributed by atoms with van der Waals surface area (Å²) in [4.78, 5) is 15.7. The highest BCUT2D eigenvalue weighted by Gasteiger charge is 2.28. The van der Waals surface area contributed by atoms with E-state index in [1.165, 1.54) is 16.7 Å². The topological polar surface area (TPSA) is 33.5 Å². The van der Waals surface area contributed by atoms with Crippen molar-refractivity contribution in [2.45, 2.75) is 46.0 Å². The Morgan fingerprint density at radius 2 is 1.50 bits per heavy atom. The Balaban J connectivity index is 1.61. The normalized spacial score (nSPS) is 14.0. The van der Waals surface area contributed by atoms with E-state index in [1.54, 1.807) is 0 Å². The first-order valence-electron chi connectivity index (χ1n) is 12.7. The van der Waals surface area contributed by atoms with E-state index in [0.29, 0.717) is 12.1 Å². The molecule has 36 heavy (non-hydrogen) atoms. The Labute approximate surface area is 214 Å². The smallest absolute Gasteiger partial charge is 0.204 e. The van der Waals surface area contributed by atoms with E-state index >= 15 is 0 Å². The van der Waals surface area contributed by atoms with Crippen LogP contribution in [0.5, 0.6) is 0 Å². The van der Waals surface area contributed by atoms with Gasteiger partial charge in [-0.25, -0.2) is 0 Å². The van der Waals surface area contributed by atoms with E-state index in [1.807, 2.05) is 48.5 Å². The van der Waals surface area contributed by atoms with Crippen molar-refractivity contribution in [3.05, 3.63) is 119 Å². The molecule has 3 heteroatoms. The highest BCUT2D eigenvalue weighted by atomic mass is 16.4. The van der Waals surface area contributed by atoms with Crippen LogP contribution in [0.3, 0.4) is 0 Å². The summed E-state index contributed by atoms with van der Waals surface area (Å²) in [7, 11) is 0. The predicted molar refractivity (Wildman–Crippen MR) is 148 cm³/mol. The summed E-state index contributed by atoms with van der Waals surface area (Å²) < 4.78 is 6.64. The van der Waals surface area contributed by atoms with Gasteiger partial charge in [0, 0.05) is 33.5 Å². The predicted octanol–water partition coefficient (Wildman–Crippen LogP) is 8.45. The van der Waals surface area contributed by atoms with E-state index in [9.17, 15) is 4.79 Å². The Bertz CT molecular complexity index is 1390. The lowest BCUT2D eigenvalue weighted by Crippen LogP contribution is -2.25. The summed E-state index contributed by atoms with van der Waals surface area (Å²) >= 11 is 0. The van der Waals surface area contributed by atoms with Crippen LogP contribution < -0.4 is 4.90 Å². The molecule has 1 aliphatic heterocycles. The molecule has 0 bridgehead atoms. The fraction of sp³-hybridized carbons (Fsp3) is 0.242. The summed E-state index contributed by atoms with van der Waals surface area (Å²) in [6.07, 6.45) is 3.73. The third-order valence-electron chi connectivity index (χ3n) is 7.02. The van der Waals surface area contributed by atoms with Gasteiger partial charge in [0.25, 0.3) is 0 Å². The van der Waals surface area contributed by atoms with Gasteiger partial charge in [-0.3, -0.25) is 4.79 Å². The van der Waals surface area contributed by atoms with Crippen molar-refractivity contribution >= 4 is 17.4 Å². The highest BCUT2D eigenvalue weighted by molar-refractivity contribution is 6.09. The van der Waals surface area contributed by atoms with Gasteiger partial charge in [0.05, 0.1) is 6.54 Å². The molecule has 5 rings (SSSR count). The average Bonchev–Trinajstić information content (AvgIpc) is 3.19. The van der Waals surface area contributed by atoms with Gasteiger partial charge in [0.1, 0.15) is 5.76 Å². The standard InChI is InChI=1S/C33H33NO2/c1-23-29-17-11-16-26(30(35)24-12-7-5-8-13-24)22-34(28-20-18-27(19-21-28)33(2,3)4)32(29)36-31(23)25-14-9-6-10-15-25/h5-10,12-16,18-21H,11,17,22H2,1-4H3. The molecule has 0 atom stereocenters. The van der Waals surface area contributed by atoms with Crippen molar-refractivity contribution in [3.8, 4) is 11.3 Å². The molecule has 0 aliphatic carbocycles. The van der Waals surface area contributed by atoms with Gasteiger partial charge in [-0.05, 0) is 42.9 Å². The number of carbonyl (C=O) groups is 1. The molecule has 3 aromatic carbocycles. The lowest BCUT2D eigenvalue weighted by molar-refractivity contribution is 0.103. The van der Waals surface area contributed by atoms with Crippen molar-refractivity contribution in [1.82, 2.24) is 0 Å². The van der Waals surface area contributed by atoms with Crippen LogP contribution in [-0.4, -0.2) is 12.3 Å². The number of benzene rings is 3. The molecule has 0 amide bonds. The molecule has 0 N–H and O–H groups in total. The lowest BCUT2D eigenvalue weighted by atomic mass is 9.87. The van der Waals surface area contributed by atoms with Crippen LogP contribution in [0, 0.1) is 6.92 Å². The average molecular weight is 476 g/mol. The van der Waals surface area contributed by atoms with Crippen molar-refractivity contribution in [3.63, 3.8) is 0 Å². The van der Waals surface area contributed by atoms with Crippen LogP contribution >= 0.6 is 0 Å². The Kier molecular flexibility index (Phi) is 6.40. The molecule has 3 nitrogen and oxygen atoms in total. The first-order chi connectivity index (χ1) is 17.3. The summed E-state index contributed by atoms with van der Waals surface area (Å²) in [5, 5.41) is 0. The van der Waals surface area contributed by atoms with Crippen LogP contribution in [0.4, 0.5) is 11.6 Å². The van der Waals surface area contributed by atoms with Gasteiger partial charge < -0.3 is 9.32 Å². The number of fused-ring (bicyclic) bond motifs is 1. The maximum absolute atomic E-state index is 13.5. The van der Waals surface area contributed by atoms with Gasteiger partial charge in [0.15, 0.2) is 5.78 Å². The van der Waals surface area contributed by atoms with Gasteiger partial charge in [-0.15, -0.1) is 0 Å². The van der Waals surface area contributed by atoms with Crippen LogP contribution in [0.25, 0.3) is 11.3 Å². The zero-order valence-electron chi connectivity index (χ0n) is 21.5. The molecular formula is C33H33NO2. The van der Waals surface area contributed by atoms with E-state index in [-0.39, 0.29) is 11.2 Å². The second-order valence-electron chi connectivity index (χ2n) is 10.6. The number of ketones is 1. The molecule has 0 saturated heterocycles. The number of Topliss-reactive ketones (excluding diaryl/α,β-unsaturated/α-hetero) is 1. The monoisotopic (exact) mass is 475 g/mol. The summed E-state index contributed by atoms with van der Waals surface area (Å²) in [6.45, 7) is 9.26. The quantitative estimate of drug-likeness (QED) is 0.278. The van der Waals surface area contributed by atoms with Crippen LogP contribution in [0.2, 0.25) is 0 Å². The van der Waals surface area contributed by atoms with Crippen LogP contribution in [-0.2, 0) is 11.8 Å². The third-order valence-corrected chi connectivity index (χ3v) is 7.02. The van der Waals surface area contributed by atoms with E-state index < -0.39 is 0 Å². The summed E-state index contributed by atoms with van der Waals surface area (Å²) in [5.74, 6) is 1.80. The van der Waals surface area contributed by atoms with Crippen molar-refractivity contribution in [2.75, 3.05) is 11.4 Å². The van der Waals surface area contributed by atoms with E-state index in [4.69, 9.17) is 4.42 Å². The molecule has 0 fully saturated rings. The fourth-order valence-corrected chi connectivity index (χ4v) is 4.90. The molecular weight excluding hydrogens is 442 g/mol. The number of carbonyl (C=O) groups excluding carboxylic acids is 1. The van der Waals surface area contributed by atoms with Gasteiger partial charge >= 0.3 is 0 Å². The SMILES string of the molecule is Cc1c(-c2ccccc2)oc2c1CCC=C(C(=O)c1ccccc1)CN2c1ccc(C(C)(C)C)cc1. The van der Waals surface area contributed by atoms with Crippen LogP contribution in [0.15, 0.2) is 101 Å². The Hall–Kier alpha value is -3.85. The Morgan fingerprint density at radius 3 is 2.14 bits per heavy atom. The molecule has 0 saturated carbocycles. The first-order valence-corrected chi connectivity index (χ1v) is 12.7. The van der Waals surface area contributed by atoms with Crippen molar-refractivity contribution in [2.24, 2.45) is 0 Å². The molecule has 0 radical (unpaired) electrons. The van der Waals surface area contributed by atoms with Gasteiger partial charge in [0.2, 0.25) is 5.88 Å². The second-order valence-corrected chi connectivity index (χ2v) is 10.6. The summed E-state index contributed by atoms with van der Waals surface area (Å²) in [6, 6.07) is 28.5. The zero-order chi connectivity index (χ0) is 25.3. The minimum atomic E-state index is 0.0655. The fourth-order valence-electron chi connectivity index (χ4n) is 4.90. The maximum atomic E-state index is 13.5. The molecule has 0 unspecified atom stereocenters. The molecule has 0 spiro atoms. The number of nitrogens with zero attached hydrogens (tertiary/aromatic N) is 1. The van der Waals surface area contributed by atoms with Crippen molar-refractivity contribution in [1.29, 1.82) is 0 Å². The molecule has 182 valence electrons. The highest BCUT2D eigenvalue weighted by Crippen LogP contribution is 2.41. The van der Waals surface area contributed by atoms with Gasteiger partial charge in [-0.1, -0.05) is 99.6 Å². The lowest BCUT2D eigenvalue weighted by Gasteiger charge is -2.27. The molecule has 1 aliphatic rings. The zero-order valence-corrected chi connectivity index (χ0v) is 21.5. The van der Waals surface area contributed by atoms with E-state index in [2.05, 4.69) is 75.1 Å².